The van der Waals surface area contributed by atoms with Crippen molar-refractivity contribution < 1.29 is 14.7 Å². The Bertz CT molecular complexity index is 417. The topological polar surface area (TPSA) is 92.4 Å². The van der Waals surface area contributed by atoms with E-state index < -0.39 is 12.0 Å². The average Bonchev–Trinajstić information content (AvgIpc) is 2.82. The van der Waals surface area contributed by atoms with Gasteiger partial charge in [-0.2, -0.15) is 0 Å². The quantitative estimate of drug-likeness (QED) is 0.712. The highest BCUT2D eigenvalue weighted by molar-refractivity contribution is 5.82. The first-order valence-corrected chi connectivity index (χ1v) is 7.44. The molecule has 114 valence electrons. The maximum atomic E-state index is 12.2. The highest BCUT2D eigenvalue weighted by Crippen LogP contribution is 2.62. The Balaban J connectivity index is 1.99. The fourth-order valence-corrected chi connectivity index (χ4v) is 4.32. The van der Waals surface area contributed by atoms with Gasteiger partial charge in [-0.15, -0.1) is 0 Å². The molecule has 5 nitrogen and oxygen atoms in total. The van der Waals surface area contributed by atoms with Gasteiger partial charge in [-0.05, 0) is 42.4 Å². The van der Waals surface area contributed by atoms with E-state index in [0.717, 1.165) is 12.8 Å². The first-order valence-electron chi connectivity index (χ1n) is 7.44. The normalized spacial score (nSPS) is 35.8. The summed E-state index contributed by atoms with van der Waals surface area (Å²) in [6.07, 6.45) is 3.67. The maximum Gasteiger partial charge on any atom is 0.303 e. The Morgan fingerprint density at radius 1 is 1.40 bits per heavy atom. The summed E-state index contributed by atoms with van der Waals surface area (Å²) in [7, 11) is 0. The molecule has 0 aromatic carbocycles. The molecule has 2 fully saturated rings. The van der Waals surface area contributed by atoms with Crippen LogP contribution in [0.1, 0.15) is 52.9 Å². The van der Waals surface area contributed by atoms with Gasteiger partial charge in [0, 0.05) is 12.5 Å². The molecule has 4 unspecified atom stereocenters. The van der Waals surface area contributed by atoms with Gasteiger partial charge in [-0.25, -0.2) is 0 Å². The second-order valence-electron chi connectivity index (χ2n) is 7.40. The Labute approximate surface area is 120 Å². The molecule has 1 amide bonds. The second kappa shape index (κ2) is 5.02. The number of amides is 1. The van der Waals surface area contributed by atoms with E-state index in [4.69, 9.17) is 10.8 Å². The van der Waals surface area contributed by atoms with E-state index in [9.17, 15) is 9.59 Å². The summed E-state index contributed by atoms with van der Waals surface area (Å²) < 4.78 is 0. The lowest BCUT2D eigenvalue weighted by Gasteiger charge is -2.43. The molecule has 20 heavy (non-hydrogen) atoms. The molecule has 0 aromatic heterocycles. The number of carboxylic acid groups (broad SMARTS) is 1. The van der Waals surface area contributed by atoms with Gasteiger partial charge in [0.15, 0.2) is 0 Å². The third-order valence-corrected chi connectivity index (χ3v) is 5.56. The standard InChI is InChI=1S/C15H26N2O3/c1-14(2)9-6-7-15(3,8-9)13(14)17-12(20)10(16)4-5-11(18)19/h9-10,13H,4-8,16H2,1-3H3,(H,17,20)(H,18,19). The third-order valence-electron chi connectivity index (χ3n) is 5.56. The lowest BCUT2D eigenvalue weighted by atomic mass is 9.68. The van der Waals surface area contributed by atoms with Crippen molar-refractivity contribution in [1.82, 2.24) is 5.32 Å². The summed E-state index contributed by atoms with van der Waals surface area (Å²) >= 11 is 0. The largest absolute Gasteiger partial charge is 0.481 e. The van der Waals surface area contributed by atoms with Crippen molar-refractivity contribution in [2.45, 2.75) is 65.0 Å². The average molecular weight is 282 g/mol. The molecular formula is C15H26N2O3. The molecule has 2 aliphatic carbocycles. The van der Waals surface area contributed by atoms with Crippen molar-refractivity contribution in [1.29, 1.82) is 0 Å². The molecule has 2 rings (SSSR count). The van der Waals surface area contributed by atoms with Gasteiger partial charge in [0.2, 0.25) is 5.91 Å². The number of carboxylic acids is 1. The number of hydrogen-bond donors (Lipinski definition) is 3. The van der Waals surface area contributed by atoms with E-state index in [1.165, 1.54) is 6.42 Å². The van der Waals surface area contributed by atoms with E-state index >= 15 is 0 Å². The van der Waals surface area contributed by atoms with E-state index in [0.29, 0.717) is 5.92 Å². The van der Waals surface area contributed by atoms with Crippen LogP contribution in [-0.4, -0.2) is 29.1 Å². The van der Waals surface area contributed by atoms with Crippen molar-refractivity contribution >= 4 is 11.9 Å². The summed E-state index contributed by atoms with van der Waals surface area (Å²) in [5.41, 5.74) is 6.05. The van der Waals surface area contributed by atoms with Crippen LogP contribution in [0.3, 0.4) is 0 Å². The molecule has 4 atom stereocenters. The van der Waals surface area contributed by atoms with Gasteiger partial charge < -0.3 is 16.2 Å². The number of nitrogens with two attached hydrogens (primary N) is 1. The van der Waals surface area contributed by atoms with Crippen LogP contribution < -0.4 is 11.1 Å². The van der Waals surface area contributed by atoms with E-state index in [-0.39, 0.29) is 35.6 Å². The molecule has 0 aliphatic heterocycles. The number of fused-ring (bicyclic) bond motifs is 2. The van der Waals surface area contributed by atoms with Crippen molar-refractivity contribution in [3.05, 3.63) is 0 Å². The first kappa shape index (κ1) is 15.3. The van der Waals surface area contributed by atoms with Gasteiger partial charge in [0.05, 0.1) is 6.04 Å². The highest BCUT2D eigenvalue weighted by atomic mass is 16.4. The number of carbonyl (C=O) groups is 2. The minimum Gasteiger partial charge on any atom is -0.481 e. The SMILES string of the molecule is CC12CCC(C1)C(C)(C)C2NC(=O)C(N)CCC(=O)O. The van der Waals surface area contributed by atoms with Crippen LogP contribution in [0.15, 0.2) is 0 Å². The molecule has 0 saturated heterocycles. The second-order valence-corrected chi connectivity index (χ2v) is 7.40. The molecule has 2 aliphatic rings. The first-order chi connectivity index (χ1) is 9.17. The fourth-order valence-electron chi connectivity index (χ4n) is 4.32. The van der Waals surface area contributed by atoms with Crippen molar-refractivity contribution in [3.8, 4) is 0 Å². The van der Waals surface area contributed by atoms with Crippen LogP contribution in [0, 0.1) is 16.7 Å². The Kier molecular flexibility index (Phi) is 3.84. The smallest absolute Gasteiger partial charge is 0.303 e. The number of rotatable bonds is 5. The van der Waals surface area contributed by atoms with Crippen molar-refractivity contribution in [3.63, 3.8) is 0 Å². The lowest BCUT2D eigenvalue weighted by molar-refractivity contribution is -0.137. The Morgan fingerprint density at radius 2 is 2.05 bits per heavy atom. The molecular weight excluding hydrogens is 256 g/mol. The van der Waals surface area contributed by atoms with Crippen LogP contribution in [-0.2, 0) is 9.59 Å². The number of aliphatic carboxylic acids is 1. The molecule has 0 radical (unpaired) electrons. The van der Waals surface area contributed by atoms with Crippen molar-refractivity contribution in [2.24, 2.45) is 22.5 Å². The monoisotopic (exact) mass is 282 g/mol. The minimum atomic E-state index is -0.916. The maximum absolute atomic E-state index is 12.2. The van der Waals surface area contributed by atoms with Crippen LogP contribution in [0.4, 0.5) is 0 Å². The van der Waals surface area contributed by atoms with Crippen LogP contribution in [0.2, 0.25) is 0 Å². The summed E-state index contributed by atoms with van der Waals surface area (Å²) in [6.45, 7) is 6.68. The molecule has 0 spiro atoms. The van der Waals surface area contributed by atoms with E-state index in [1.807, 2.05) is 0 Å². The number of nitrogens with one attached hydrogen (secondary N) is 1. The zero-order valence-corrected chi connectivity index (χ0v) is 12.6. The van der Waals surface area contributed by atoms with Crippen molar-refractivity contribution in [2.75, 3.05) is 0 Å². The minimum absolute atomic E-state index is 0.0669. The van der Waals surface area contributed by atoms with Gasteiger partial charge in [-0.3, -0.25) is 9.59 Å². The number of carbonyl (C=O) groups excluding carboxylic acids is 1. The molecule has 0 heterocycles. The zero-order chi connectivity index (χ0) is 15.1. The molecule has 0 aromatic rings. The Morgan fingerprint density at radius 3 is 2.55 bits per heavy atom. The molecule has 4 N–H and O–H groups in total. The molecule has 2 saturated carbocycles. The highest BCUT2D eigenvalue weighted by Gasteiger charge is 2.59. The summed E-state index contributed by atoms with van der Waals surface area (Å²) in [5, 5.41) is 11.8. The van der Waals surface area contributed by atoms with E-state index in [1.54, 1.807) is 0 Å². The van der Waals surface area contributed by atoms with Gasteiger partial charge in [0.25, 0.3) is 0 Å². The predicted molar refractivity (Wildman–Crippen MR) is 76.0 cm³/mol. The lowest BCUT2D eigenvalue weighted by Crippen LogP contribution is -2.55. The van der Waals surface area contributed by atoms with Gasteiger partial charge in [0.1, 0.15) is 0 Å². The summed E-state index contributed by atoms with van der Waals surface area (Å²) in [6, 6.07) is -0.596. The zero-order valence-electron chi connectivity index (χ0n) is 12.6. The predicted octanol–water partition coefficient (Wildman–Crippen LogP) is 1.51. The molecule has 5 heteroatoms. The van der Waals surface area contributed by atoms with Gasteiger partial charge in [-0.1, -0.05) is 20.8 Å². The summed E-state index contributed by atoms with van der Waals surface area (Å²) in [5.74, 6) is -0.466. The number of hydrogen-bond acceptors (Lipinski definition) is 3. The summed E-state index contributed by atoms with van der Waals surface area (Å²) in [4.78, 5) is 22.7. The van der Waals surface area contributed by atoms with Crippen LogP contribution >= 0.6 is 0 Å². The third kappa shape index (κ3) is 2.55. The van der Waals surface area contributed by atoms with Crippen LogP contribution in [0.5, 0.6) is 0 Å². The van der Waals surface area contributed by atoms with Crippen LogP contribution in [0.25, 0.3) is 0 Å². The Hall–Kier alpha value is -1.10. The van der Waals surface area contributed by atoms with E-state index in [2.05, 4.69) is 26.1 Å². The molecule has 2 bridgehead atoms. The van der Waals surface area contributed by atoms with Gasteiger partial charge >= 0.3 is 5.97 Å². The fraction of sp³-hybridized carbons (Fsp3) is 0.867.